The molecule has 2 heterocycles. The molecule has 1 amide bonds. The van der Waals surface area contributed by atoms with E-state index in [9.17, 15) is 4.79 Å². The number of nitrogens with zero attached hydrogens (tertiary/aromatic N) is 2. The van der Waals surface area contributed by atoms with Crippen LogP contribution in [-0.4, -0.2) is 57.8 Å². The van der Waals surface area contributed by atoms with Crippen LogP contribution in [0.25, 0.3) is 0 Å². The molecule has 0 unspecified atom stereocenters. The van der Waals surface area contributed by atoms with Crippen molar-refractivity contribution < 1.29 is 9.53 Å². The highest BCUT2D eigenvalue weighted by Crippen LogP contribution is 2.25. The second-order valence-electron chi connectivity index (χ2n) is 7.29. The molecule has 0 bridgehead atoms. The molecule has 0 saturated carbocycles. The average Bonchev–Trinajstić information content (AvgIpc) is 3.10. The molecular weight excluding hydrogens is 302 g/mol. The van der Waals surface area contributed by atoms with E-state index in [1.807, 2.05) is 12.1 Å². The van der Waals surface area contributed by atoms with Gasteiger partial charge >= 0.3 is 0 Å². The zero-order chi connectivity index (χ0) is 16.9. The van der Waals surface area contributed by atoms with Gasteiger partial charge in [0, 0.05) is 37.6 Å². The minimum Gasteiger partial charge on any atom is -0.381 e. The zero-order valence-electron chi connectivity index (χ0n) is 14.8. The highest BCUT2D eigenvalue weighted by Gasteiger charge is 2.23. The van der Waals surface area contributed by atoms with Crippen molar-refractivity contribution in [2.45, 2.75) is 19.3 Å². The highest BCUT2D eigenvalue weighted by molar-refractivity contribution is 5.92. The number of ether oxygens (including phenoxy) is 1. The lowest BCUT2D eigenvalue weighted by molar-refractivity contribution is -0.119. The molecule has 0 spiro atoms. The molecule has 0 radical (unpaired) electrons. The monoisotopic (exact) mass is 331 g/mol. The molecule has 2 saturated heterocycles. The van der Waals surface area contributed by atoms with Crippen molar-refractivity contribution in [3.8, 4) is 0 Å². The first kappa shape index (κ1) is 17.2. The third kappa shape index (κ3) is 4.48. The van der Waals surface area contributed by atoms with Crippen molar-refractivity contribution in [1.82, 2.24) is 4.90 Å². The summed E-state index contributed by atoms with van der Waals surface area (Å²) in [5.74, 6) is 0.883. The Labute approximate surface area is 145 Å². The summed E-state index contributed by atoms with van der Waals surface area (Å²) in [7, 11) is 4.30. The molecule has 132 valence electrons. The topological polar surface area (TPSA) is 44.8 Å². The summed E-state index contributed by atoms with van der Waals surface area (Å²) in [5, 5.41) is 3.00. The average molecular weight is 331 g/mol. The number of rotatable bonds is 5. The van der Waals surface area contributed by atoms with Gasteiger partial charge in [-0.1, -0.05) is 0 Å². The van der Waals surface area contributed by atoms with Gasteiger partial charge in [-0.15, -0.1) is 0 Å². The molecule has 3 rings (SSSR count). The number of hydrogen-bond acceptors (Lipinski definition) is 4. The van der Waals surface area contributed by atoms with Crippen LogP contribution < -0.4 is 10.2 Å². The molecule has 0 aliphatic carbocycles. The third-order valence-corrected chi connectivity index (χ3v) is 5.04. The predicted octanol–water partition coefficient (Wildman–Crippen LogP) is 2.44. The summed E-state index contributed by atoms with van der Waals surface area (Å²) < 4.78 is 5.28. The molecule has 1 atom stereocenters. The van der Waals surface area contributed by atoms with E-state index < -0.39 is 0 Å². The Bertz CT molecular complexity index is 530. The van der Waals surface area contributed by atoms with Gasteiger partial charge in [0.05, 0.1) is 12.5 Å². The Kier molecular flexibility index (Phi) is 5.74. The Hall–Kier alpha value is -1.59. The molecule has 24 heavy (non-hydrogen) atoms. The van der Waals surface area contributed by atoms with Crippen molar-refractivity contribution in [3.63, 3.8) is 0 Å². The number of hydrogen-bond donors (Lipinski definition) is 1. The lowest BCUT2D eigenvalue weighted by Crippen LogP contribution is -2.37. The van der Waals surface area contributed by atoms with Gasteiger partial charge in [0.15, 0.2) is 0 Å². The van der Waals surface area contributed by atoms with E-state index in [2.05, 4.69) is 41.3 Å². The van der Waals surface area contributed by atoms with Crippen LogP contribution in [0.1, 0.15) is 19.3 Å². The smallest absolute Gasteiger partial charge is 0.229 e. The molecular formula is C19H29N3O2. The van der Waals surface area contributed by atoms with E-state index in [-0.39, 0.29) is 11.8 Å². The molecule has 1 aromatic carbocycles. The van der Waals surface area contributed by atoms with Crippen molar-refractivity contribution in [1.29, 1.82) is 0 Å². The fourth-order valence-corrected chi connectivity index (χ4v) is 3.63. The van der Waals surface area contributed by atoms with E-state index in [1.54, 1.807) is 0 Å². The Balaban J connectivity index is 1.50. The lowest BCUT2D eigenvalue weighted by atomic mass is 9.96. The summed E-state index contributed by atoms with van der Waals surface area (Å²) in [6.45, 7) is 4.66. The summed E-state index contributed by atoms with van der Waals surface area (Å²) in [5.41, 5.74) is 2.12. The van der Waals surface area contributed by atoms with Crippen LogP contribution in [0.4, 0.5) is 11.4 Å². The first-order valence-corrected chi connectivity index (χ1v) is 9.00. The largest absolute Gasteiger partial charge is 0.381 e. The van der Waals surface area contributed by atoms with E-state index in [4.69, 9.17) is 4.74 Å². The number of amides is 1. The zero-order valence-corrected chi connectivity index (χ0v) is 14.8. The van der Waals surface area contributed by atoms with Gasteiger partial charge in [0.25, 0.3) is 0 Å². The number of carbonyl (C=O) groups is 1. The highest BCUT2D eigenvalue weighted by atomic mass is 16.5. The van der Waals surface area contributed by atoms with E-state index in [1.165, 1.54) is 25.1 Å². The maximum absolute atomic E-state index is 12.1. The second kappa shape index (κ2) is 7.99. The molecule has 5 heteroatoms. The van der Waals surface area contributed by atoms with Gasteiger partial charge in [-0.05, 0) is 63.5 Å². The summed E-state index contributed by atoms with van der Waals surface area (Å²) in [6, 6.07) is 8.25. The maximum Gasteiger partial charge on any atom is 0.229 e. The molecule has 5 nitrogen and oxygen atoms in total. The number of nitrogens with one attached hydrogen (secondary N) is 1. The normalized spacial score (nSPS) is 22.1. The van der Waals surface area contributed by atoms with Crippen LogP contribution in [-0.2, 0) is 9.53 Å². The van der Waals surface area contributed by atoms with Crippen LogP contribution in [0.2, 0.25) is 0 Å². The molecule has 1 aromatic rings. The first-order valence-electron chi connectivity index (χ1n) is 9.00. The van der Waals surface area contributed by atoms with Crippen LogP contribution in [0.5, 0.6) is 0 Å². The van der Waals surface area contributed by atoms with Gasteiger partial charge < -0.3 is 19.9 Å². The van der Waals surface area contributed by atoms with E-state index in [0.717, 1.165) is 31.1 Å². The number of anilines is 2. The Morgan fingerprint density at radius 1 is 1.21 bits per heavy atom. The molecule has 2 aliphatic rings. The summed E-state index contributed by atoms with van der Waals surface area (Å²) in [6.07, 6.45) is 3.32. The maximum atomic E-state index is 12.1. The quantitative estimate of drug-likeness (QED) is 0.900. The third-order valence-electron chi connectivity index (χ3n) is 5.04. The predicted molar refractivity (Wildman–Crippen MR) is 97.5 cm³/mol. The Morgan fingerprint density at radius 2 is 1.92 bits per heavy atom. The van der Waals surface area contributed by atoms with E-state index in [0.29, 0.717) is 13.2 Å². The van der Waals surface area contributed by atoms with Gasteiger partial charge in [0.1, 0.15) is 0 Å². The number of benzene rings is 1. The SMILES string of the molecule is CN(C)CC1CCN(c2ccc(NC(=O)[C@@H]3CCOC3)cc2)CC1. The number of piperidine rings is 1. The molecule has 2 aliphatic heterocycles. The van der Waals surface area contributed by atoms with Crippen LogP contribution in [0.3, 0.4) is 0 Å². The Morgan fingerprint density at radius 3 is 2.50 bits per heavy atom. The minimum atomic E-state index is 0.000372. The van der Waals surface area contributed by atoms with Crippen molar-refractivity contribution in [2.75, 3.05) is 57.2 Å². The van der Waals surface area contributed by atoms with Gasteiger partial charge in [-0.25, -0.2) is 0 Å². The molecule has 1 N–H and O–H groups in total. The van der Waals surface area contributed by atoms with Gasteiger partial charge in [0.2, 0.25) is 5.91 Å². The van der Waals surface area contributed by atoms with Crippen molar-refractivity contribution >= 4 is 17.3 Å². The molecule has 2 fully saturated rings. The van der Waals surface area contributed by atoms with Crippen molar-refractivity contribution in [3.05, 3.63) is 24.3 Å². The fraction of sp³-hybridized carbons (Fsp3) is 0.632. The van der Waals surface area contributed by atoms with E-state index >= 15 is 0 Å². The second-order valence-corrected chi connectivity index (χ2v) is 7.29. The fourth-order valence-electron chi connectivity index (χ4n) is 3.63. The standard InChI is InChI=1S/C19H29N3O2/c1-21(2)13-15-7-10-22(11-8-15)18-5-3-17(4-6-18)20-19(23)16-9-12-24-14-16/h3-6,15-16H,7-14H2,1-2H3,(H,20,23)/t16-/m1/s1. The van der Waals surface area contributed by atoms with Crippen LogP contribution in [0.15, 0.2) is 24.3 Å². The lowest BCUT2D eigenvalue weighted by Gasteiger charge is -2.34. The van der Waals surface area contributed by atoms with Gasteiger partial charge in [-0.2, -0.15) is 0 Å². The number of carbonyl (C=O) groups excluding carboxylic acids is 1. The van der Waals surface area contributed by atoms with Crippen LogP contribution in [0, 0.1) is 11.8 Å². The van der Waals surface area contributed by atoms with Crippen LogP contribution >= 0.6 is 0 Å². The minimum absolute atomic E-state index is 0.000372. The summed E-state index contributed by atoms with van der Waals surface area (Å²) in [4.78, 5) is 16.9. The first-order chi connectivity index (χ1) is 11.6. The summed E-state index contributed by atoms with van der Waals surface area (Å²) >= 11 is 0. The van der Waals surface area contributed by atoms with Gasteiger partial charge in [-0.3, -0.25) is 4.79 Å². The molecule has 0 aromatic heterocycles. The van der Waals surface area contributed by atoms with Crippen molar-refractivity contribution in [2.24, 2.45) is 11.8 Å².